The Morgan fingerprint density at radius 1 is 1.17 bits per heavy atom. The first kappa shape index (κ1) is 25.1. The normalized spacial score (nSPS) is 18.2. The minimum atomic E-state index is -0.326. The lowest BCUT2D eigenvalue weighted by molar-refractivity contribution is -0.136. The van der Waals surface area contributed by atoms with Gasteiger partial charge in [-0.3, -0.25) is 14.7 Å². The van der Waals surface area contributed by atoms with Gasteiger partial charge in [-0.05, 0) is 24.1 Å². The van der Waals surface area contributed by atoms with E-state index >= 15 is 0 Å². The lowest BCUT2D eigenvalue weighted by Crippen LogP contribution is -2.55. The molecule has 2 saturated heterocycles. The Morgan fingerprint density at radius 3 is 2.50 bits per heavy atom. The predicted octanol–water partition coefficient (Wildman–Crippen LogP) is 1.69. The van der Waals surface area contributed by atoms with Gasteiger partial charge in [0.1, 0.15) is 5.82 Å². The smallest absolute Gasteiger partial charge is 0.236 e. The second-order valence-electron chi connectivity index (χ2n) is 7.22. The molecule has 2 fully saturated rings. The van der Waals surface area contributed by atoms with E-state index in [4.69, 9.17) is 16.3 Å². The van der Waals surface area contributed by atoms with Gasteiger partial charge < -0.3 is 19.9 Å². The van der Waals surface area contributed by atoms with Crippen LogP contribution in [0.4, 0.5) is 4.39 Å². The summed E-state index contributed by atoms with van der Waals surface area (Å²) in [5, 5.41) is 3.80. The van der Waals surface area contributed by atoms with Gasteiger partial charge in [0.25, 0.3) is 0 Å². The zero-order valence-corrected chi connectivity index (χ0v) is 20.4. The van der Waals surface area contributed by atoms with Crippen LogP contribution in [0.2, 0.25) is 5.02 Å². The zero-order chi connectivity index (χ0) is 20.6. The number of guanidine groups is 1. The molecular formula is C20H30ClFIN5O2. The number of carbonyl (C=O) groups excluding carboxylic acids is 1. The number of morpholine rings is 1. The van der Waals surface area contributed by atoms with E-state index in [2.05, 4.69) is 20.1 Å². The number of aliphatic imine (C=N–C) groups is 1. The van der Waals surface area contributed by atoms with E-state index < -0.39 is 0 Å². The van der Waals surface area contributed by atoms with E-state index in [9.17, 15) is 9.18 Å². The number of ether oxygens (including phenoxy) is 1. The van der Waals surface area contributed by atoms with Crippen LogP contribution in [0.25, 0.3) is 0 Å². The molecule has 1 aromatic carbocycles. The van der Waals surface area contributed by atoms with Gasteiger partial charge in [-0.1, -0.05) is 17.7 Å². The monoisotopic (exact) mass is 553 g/mol. The van der Waals surface area contributed by atoms with Crippen LogP contribution >= 0.6 is 35.6 Å². The summed E-state index contributed by atoms with van der Waals surface area (Å²) in [6.45, 7) is 7.02. The van der Waals surface area contributed by atoms with Gasteiger partial charge >= 0.3 is 0 Å². The molecule has 10 heteroatoms. The molecule has 30 heavy (non-hydrogen) atoms. The summed E-state index contributed by atoms with van der Waals surface area (Å²) in [6, 6.07) is 4.48. The summed E-state index contributed by atoms with van der Waals surface area (Å²) in [5.41, 5.74) is 0.905. The molecule has 2 aliphatic rings. The fraction of sp³-hybridized carbons (Fsp3) is 0.600. The quantitative estimate of drug-likeness (QED) is 0.342. The van der Waals surface area contributed by atoms with Crippen LogP contribution in [0.5, 0.6) is 0 Å². The standard InChI is InChI=1S/C20H29ClFN5O2.HI/c1-23-20(24-5-4-16-2-3-17(22)14-18(16)21)27-8-6-25(7-9-27)15-19(28)26-10-12-29-13-11-26;/h2-3,14H,4-13,15H2,1H3,(H,23,24);1H. The molecule has 1 amide bonds. The maximum absolute atomic E-state index is 13.2. The van der Waals surface area contributed by atoms with Crippen molar-refractivity contribution in [2.75, 3.05) is 72.6 Å². The molecule has 3 rings (SSSR count). The van der Waals surface area contributed by atoms with Crippen LogP contribution in [0, 0.1) is 5.82 Å². The highest BCUT2D eigenvalue weighted by atomic mass is 127. The van der Waals surface area contributed by atoms with E-state index in [1.165, 1.54) is 12.1 Å². The van der Waals surface area contributed by atoms with E-state index in [0.29, 0.717) is 50.8 Å². The van der Waals surface area contributed by atoms with Gasteiger partial charge in [0.2, 0.25) is 5.91 Å². The lowest BCUT2D eigenvalue weighted by Gasteiger charge is -2.37. The topological polar surface area (TPSA) is 60.4 Å². The highest BCUT2D eigenvalue weighted by Gasteiger charge is 2.24. The summed E-state index contributed by atoms with van der Waals surface area (Å²) in [4.78, 5) is 23.1. The molecule has 0 unspecified atom stereocenters. The van der Waals surface area contributed by atoms with Gasteiger partial charge in [0.05, 0.1) is 19.8 Å². The van der Waals surface area contributed by atoms with Crippen LogP contribution in [-0.2, 0) is 16.0 Å². The van der Waals surface area contributed by atoms with E-state index in [1.807, 2.05) is 4.90 Å². The Morgan fingerprint density at radius 2 is 1.87 bits per heavy atom. The third kappa shape index (κ3) is 7.21. The maximum atomic E-state index is 13.2. The molecule has 1 aromatic rings. The molecule has 0 bridgehead atoms. The molecule has 1 N–H and O–H groups in total. The highest BCUT2D eigenvalue weighted by Crippen LogP contribution is 2.17. The van der Waals surface area contributed by atoms with Crippen molar-refractivity contribution in [3.63, 3.8) is 0 Å². The Labute approximate surface area is 199 Å². The van der Waals surface area contributed by atoms with Crippen LogP contribution in [0.3, 0.4) is 0 Å². The van der Waals surface area contributed by atoms with Crippen molar-refractivity contribution in [2.45, 2.75) is 6.42 Å². The highest BCUT2D eigenvalue weighted by molar-refractivity contribution is 14.0. The average Bonchev–Trinajstić information content (AvgIpc) is 2.74. The molecule has 2 aliphatic heterocycles. The number of rotatable bonds is 5. The number of nitrogens with zero attached hydrogens (tertiary/aromatic N) is 4. The molecule has 0 aromatic heterocycles. The van der Waals surface area contributed by atoms with Crippen LogP contribution in [0.15, 0.2) is 23.2 Å². The summed E-state index contributed by atoms with van der Waals surface area (Å²) in [5.74, 6) is 0.690. The van der Waals surface area contributed by atoms with Gasteiger partial charge in [0.15, 0.2) is 5.96 Å². The van der Waals surface area contributed by atoms with Crippen molar-refractivity contribution >= 4 is 47.4 Å². The van der Waals surface area contributed by atoms with Crippen molar-refractivity contribution in [1.82, 2.24) is 20.0 Å². The third-order valence-corrected chi connectivity index (χ3v) is 5.65. The SMILES string of the molecule is CN=C(NCCc1ccc(F)cc1Cl)N1CCN(CC(=O)N2CCOCC2)CC1.I. The minimum absolute atomic E-state index is 0. The summed E-state index contributed by atoms with van der Waals surface area (Å²) in [6.07, 6.45) is 0.687. The number of amides is 1. The van der Waals surface area contributed by atoms with Gasteiger partial charge in [-0.15, -0.1) is 24.0 Å². The van der Waals surface area contributed by atoms with Crippen molar-refractivity contribution in [2.24, 2.45) is 4.99 Å². The first-order valence-electron chi connectivity index (χ1n) is 10.0. The number of piperazine rings is 1. The van der Waals surface area contributed by atoms with Crippen molar-refractivity contribution in [3.05, 3.63) is 34.6 Å². The van der Waals surface area contributed by atoms with Gasteiger partial charge in [0, 0.05) is 57.9 Å². The first-order chi connectivity index (χ1) is 14.1. The first-order valence-corrected chi connectivity index (χ1v) is 10.4. The number of benzene rings is 1. The lowest BCUT2D eigenvalue weighted by atomic mass is 10.1. The third-order valence-electron chi connectivity index (χ3n) is 5.30. The number of hydrogen-bond acceptors (Lipinski definition) is 4. The van der Waals surface area contributed by atoms with E-state index in [-0.39, 0.29) is 35.7 Å². The van der Waals surface area contributed by atoms with Gasteiger partial charge in [-0.2, -0.15) is 0 Å². The van der Waals surface area contributed by atoms with Crippen LogP contribution in [0.1, 0.15) is 5.56 Å². The molecule has 2 heterocycles. The second kappa shape index (κ2) is 12.6. The fourth-order valence-corrected chi connectivity index (χ4v) is 3.85. The largest absolute Gasteiger partial charge is 0.378 e. The minimum Gasteiger partial charge on any atom is -0.378 e. The number of halogens is 3. The Bertz CT molecular complexity index is 725. The van der Waals surface area contributed by atoms with E-state index in [0.717, 1.165) is 37.7 Å². The second-order valence-corrected chi connectivity index (χ2v) is 7.62. The van der Waals surface area contributed by atoms with Crippen LogP contribution in [-0.4, -0.2) is 99.2 Å². The molecule has 0 aliphatic carbocycles. The summed E-state index contributed by atoms with van der Waals surface area (Å²) < 4.78 is 18.5. The molecule has 168 valence electrons. The predicted molar refractivity (Wildman–Crippen MR) is 127 cm³/mol. The molecule has 0 atom stereocenters. The Kier molecular flexibility index (Phi) is 10.6. The molecule has 0 saturated carbocycles. The molecular weight excluding hydrogens is 524 g/mol. The zero-order valence-electron chi connectivity index (χ0n) is 17.3. The van der Waals surface area contributed by atoms with Crippen molar-refractivity contribution < 1.29 is 13.9 Å². The summed E-state index contributed by atoms with van der Waals surface area (Å²) in [7, 11) is 1.77. The fourth-order valence-electron chi connectivity index (χ4n) is 3.59. The number of carbonyl (C=O) groups is 1. The van der Waals surface area contributed by atoms with Gasteiger partial charge in [-0.25, -0.2) is 4.39 Å². The Hall–Kier alpha value is -1.17. The van der Waals surface area contributed by atoms with Crippen molar-refractivity contribution in [1.29, 1.82) is 0 Å². The Balaban J connectivity index is 0.00000320. The van der Waals surface area contributed by atoms with E-state index in [1.54, 1.807) is 13.1 Å². The van der Waals surface area contributed by atoms with Crippen molar-refractivity contribution in [3.8, 4) is 0 Å². The molecule has 7 nitrogen and oxygen atoms in total. The maximum Gasteiger partial charge on any atom is 0.236 e. The number of hydrogen-bond donors (Lipinski definition) is 1. The summed E-state index contributed by atoms with van der Waals surface area (Å²) >= 11 is 6.09. The number of nitrogens with one attached hydrogen (secondary N) is 1. The molecule has 0 spiro atoms. The molecule has 0 radical (unpaired) electrons. The van der Waals surface area contributed by atoms with Crippen LogP contribution < -0.4 is 5.32 Å². The average molecular weight is 554 g/mol.